The first-order valence-electron chi connectivity index (χ1n) is 5.42. The van der Waals surface area contributed by atoms with Gasteiger partial charge in [0.05, 0.1) is 6.07 Å². The Morgan fingerprint density at radius 1 is 1.32 bits per heavy atom. The maximum absolute atomic E-state index is 12.8. The molecule has 0 amide bonds. The van der Waals surface area contributed by atoms with Crippen molar-refractivity contribution in [2.75, 3.05) is 0 Å². The van der Waals surface area contributed by atoms with Crippen LogP contribution >= 0.6 is 15.9 Å². The molecule has 5 heteroatoms. The van der Waals surface area contributed by atoms with Crippen LogP contribution in [-0.4, -0.2) is 10.8 Å². The maximum Gasteiger partial charge on any atom is 0.184 e. The number of pyridine rings is 1. The molecule has 0 aliphatic carbocycles. The summed E-state index contributed by atoms with van der Waals surface area (Å²) >= 11 is 3.19. The molecule has 0 radical (unpaired) electrons. The van der Waals surface area contributed by atoms with E-state index >= 15 is 0 Å². The van der Waals surface area contributed by atoms with Crippen molar-refractivity contribution in [3.05, 3.63) is 64.1 Å². The van der Waals surface area contributed by atoms with Crippen LogP contribution in [0.15, 0.2) is 47.2 Å². The predicted molar refractivity (Wildman–Crippen MR) is 71.0 cm³/mol. The molecule has 0 aliphatic heterocycles. The van der Waals surface area contributed by atoms with Crippen LogP contribution in [0, 0.1) is 17.1 Å². The molecule has 19 heavy (non-hydrogen) atoms. The molecule has 0 aliphatic rings. The van der Waals surface area contributed by atoms with Crippen LogP contribution in [0.25, 0.3) is 0 Å². The maximum atomic E-state index is 12.8. The van der Waals surface area contributed by atoms with Gasteiger partial charge in [0.15, 0.2) is 5.78 Å². The molecule has 0 saturated heterocycles. The molecule has 0 saturated carbocycles. The molecule has 0 bridgehead atoms. The van der Waals surface area contributed by atoms with Crippen molar-refractivity contribution >= 4 is 21.7 Å². The summed E-state index contributed by atoms with van der Waals surface area (Å²) in [5.74, 6) is -1.71. The van der Waals surface area contributed by atoms with E-state index in [1.54, 1.807) is 12.1 Å². The van der Waals surface area contributed by atoms with E-state index in [9.17, 15) is 14.4 Å². The first-order chi connectivity index (χ1) is 9.11. The van der Waals surface area contributed by atoms with Gasteiger partial charge in [-0.2, -0.15) is 5.26 Å². The SMILES string of the molecule is N#CC(C(=O)c1ccc(F)cc1)c1ccnc(Br)c1. The third-order valence-electron chi connectivity index (χ3n) is 2.60. The highest BCUT2D eigenvalue weighted by atomic mass is 79.9. The Morgan fingerprint density at radius 3 is 2.58 bits per heavy atom. The summed E-state index contributed by atoms with van der Waals surface area (Å²) in [6.45, 7) is 0. The fraction of sp³-hybridized carbons (Fsp3) is 0.0714. The number of carbonyl (C=O) groups excluding carboxylic acids is 1. The van der Waals surface area contributed by atoms with Gasteiger partial charge in [-0.3, -0.25) is 4.79 Å². The first kappa shape index (κ1) is 13.4. The highest BCUT2D eigenvalue weighted by molar-refractivity contribution is 9.10. The zero-order chi connectivity index (χ0) is 13.8. The van der Waals surface area contributed by atoms with E-state index in [1.165, 1.54) is 30.5 Å². The van der Waals surface area contributed by atoms with E-state index in [0.717, 1.165) is 0 Å². The molecule has 1 heterocycles. The van der Waals surface area contributed by atoms with Crippen LogP contribution in [0.3, 0.4) is 0 Å². The molecule has 0 fully saturated rings. The molecule has 1 aromatic carbocycles. The summed E-state index contributed by atoms with van der Waals surface area (Å²) in [5, 5.41) is 9.18. The Balaban J connectivity index is 2.35. The number of halogens is 2. The lowest BCUT2D eigenvalue weighted by Crippen LogP contribution is -2.11. The van der Waals surface area contributed by atoms with Crippen LogP contribution in [-0.2, 0) is 0 Å². The summed E-state index contributed by atoms with van der Waals surface area (Å²) in [5.41, 5.74) is 0.861. The fourth-order valence-corrected chi connectivity index (χ4v) is 2.04. The monoisotopic (exact) mass is 318 g/mol. The van der Waals surface area contributed by atoms with Crippen LogP contribution in [0.4, 0.5) is 4.39 Å². The second kappa shape index (κ2) is 5.72. The molecule has 1 unspecified atom stereocenters. The smallest absolute Gasteiger partial charge is 0.184 e. The number of nitriles is 1. The quantitative estimate of drug-likeness (QED) is 0.643. The van der Waals surface area contributed by atoms with Crippen molar-refractivity contribution in [1.82, 2.24) is 4.98 Å². The topological polar surface area (TPSA) is 53.8 Å². The van der Waals surface area contributed by atoms with Crippen LogP contribution in [0.1, 0.15) is 21.8 Å². The molecule has 3 nitrogen and oxygen atoms in total. The summed E-state index contributed by atoms with van der Waals surface area (Å²) in [4.78, 5) is 16.2. The van der Waals surface area contributed by atoms with E-state index < -0.39 is 11.7 Å². The van der Waals surface area contributed by atoms with Crippen molar-refractivity contribution < 1.29 is 9.18 Å². The average molecular weight is 319 g/mol. The van der Waals surface area contributed by atoms with Crippen LogP contribution in [0.2, 0.25) is 0 Å². The van der Waals surface area contributed by atoms with Gasteiger partial charge in [-0.25, -0.2) is 9.37 Å². The lowest BCUT2D eigenvalue weighted by molar-refractivity contribution is 0.0979. The standard InChI is InChI=1S/C14H8BrFN2O/c15-13-7-10(5-6-18-13)12(8-17)14(19)9-1-3-11(16)4-2-9/h1-7,12H. The zero-order valence-corrected chi connectivity index (χ0v) is 11.3. The molecule has 0 spiro atoms. The van der Waals surface area contributed by atoms with Gasteiger partial charge < -0.3 is 0 Å². The molecule has 0 N–H and O–H groups in total. The average Bonchev–Trinajstić information content (AvgIpc) is 2.40. The van der Waals surface area contributed by atoms with E-state index in [0.29, 0.717) is 15.7 Å². The molecule has 2 aromatic rings. The van der Waals surface area contributed by atoms with E-state index in [2.05, 4.69) is 20.9 Å². The summed E-state index contributed by atoms with van der Waals surface area (Å²) < 4.78 is 13.4. The second-order valence-corrected chi connectivity index (χ2v) is 4.66. The van der Waals surface area contributed by atoms with E-state index in [-0.39, 0.29) is 5.78 Å². The van der Waals surface area contributed by atoms with Gasteiger partial charge in [0.25, 0.3) is 0 Å². The highest BCUT2D eigenvalue weighted by Crippen LogP contribution is 2.22. The van der Waals surface area contributed by atoms with Gasteiger partial charge in [-0.05, 0) is 57.9 Å². The number of rotatable bonds is 3. The Morgan fingerprint density at radius 2 is 2.00 bits per heavy atom. The van der Waals surface area contributed by atoms with Gasteiger partial charge in [-0.1, -0.05) is 0 Å². The van der Waals surface area contributed by atoms with Gasteiger partial charge in [0.1, 0.15) is 16.3 Å². The lowest BCUT2D eigenvalue weighted by atomic mass is 9.92. The molecule has 2 rings (SSSR count). The highest BCUT2D eigenvalue weighted by Gasteiger charge is 2.22. The predicted octanol–water partition coefficient (Wildman–Crippen LogP) is 3.47. The van der Waals surface area contributed by atoms with E-state index in [1.807, 2.05) is 6.07 Å². The van der Waals surface area contributed by atoms with Crippen molar-refractivity contribution in [2.45, 2.75) is 5.92 Å². The normalized spacial score (nSPS) is 11.6. The number of hydrogen-bond donors (Lipinski definition) is 0. The number of benzene rings is 1. The Kier molecular flexibility index (Phi) is 4.03. The number of aromatic nitrogens is 1. The molecule has 1 atom stereocenters. The second-order valence-electron chi connectivity index (χ2n) is 3.85. The summed E-state index contributed by atoms with van der Waals surface area (Å²) in [6.07, 6.45) is 1.52. The number of Topliss-reactive ketones (excluding diaryl/α,β-unsaturated/α-hetero) is 1. The minimum absolute atomic E-state index is 0.306. The van der Waals surface area contributed by atoms with Crippen LogP contribution < -0.4 is 0 Å². The Hall–Kier alpha value is -2.06. The van der Waals surface area contributed by atoms with Gasteiger partial charge >= 0.3 is 0 Å². The lowest BCUT2D eigenvalue weighted by Gasteiger charge is -2.08. The van der Waals surface area contributed by atoms with Gasteiger partial charge in [-0.15, -0.1) is 0 Å². The number of nitrogens with zero attached hydrogens (tertiary/aromatic N) is 2. The molecule has 1 aromatic heterocycles. The summed E-state index contributed by atoms with van der Waals surface area (Å²) in [6, 6.07) is 10.3. The number of carbonyl (C=O) groups is 1. The molecule has 94 valence electrons. The minimum atomic E-state index is -0.926. The van der Waals surface area contributed by atoms with Crippen molar-refractivity contribution in [1.29, 1.82) is 5.26 Å². The van der Waals surface area contributed by atoms with Crippen molar-refractivity contribution in [2.24, 2.45) is 0 Å². The minimum Gasteiger partial charge on any atom is -0.292 e. The fourth-order valence-electron chi connectivity index (χ4n) is 1.66. The molecular formula is C14H8BrFN2O. The Bertz CT molecular complexity index is 649. The Labute approximate surface area is 117 Å². The van der Waals surface area contributed by atoms with E-state index in [4.69, 9.17) is 0 Å². The van der Waals surface area contributed by atoms with Crippen molar-refractivity contribution in [3.8, 4) is 6.07 Å². The number of ketones is 1. The summed E-state index contributed by atoms with van der Waals surface area (Å²) in [7, 11) is 0. The van der Waals surface area contributed by atoms with Crippen LogP contribution in [0.5, 0.6) is 0 Å². The largest absolute Gasteiger partial charge is 0.292 e. The van der Waals surface area contributed by atoms with Gasteiger partial charge in [0.2, 0.25) is 0 Å². The van der Waals surface area contributed by atoms with Gasteiger partial charge in [0, 0.05) is 11.8 Å². The molecular weight excluding hydrogens is 311 g/mol. The zero-order valence-electron chi connectivity index (χ0n) is 9.68. The third-order valence-corrected chi connectivity index (χ3v) is 3.04. The third kappa shape index (κ3) is 3.04. The first-order valence-corrected chi connectivity index (χ1v) is 6.22. The number of hydrogen-bond acceptors (Lipinski definition) is 3. The van der Waals surface area contributed by atoms with Crippen molar-refractivity contribution in [3.63, 3.8) is 0 Å².